The van der Waals surface area contributed by atoms with Crippen molar-refractivity contribution in [3.8, 4) is 0 Å². The zero-order chi connectivity index (χ0) is 17.6. The summed E-state index contributed by atoms with van der Waals surface area (Å²) in [4.78, 5) is 23.6. The smallest absolute Gasteiger partial charge is 0.142 e. The lowest BCUT2D eigenvalue weighted by molar-refractivity contribution is -0.117. The number of carbonyl (C=O) groups is 1. The first-order valence-electron chi connectivity index (χ1n) is 8.78. The fourth-order valence-corrected chi connectivity index (χ4v) is 3.86. The Balaban J connectivity index is 1.70. The molecule has 1 aromatic heterocycles. The van der Waals surface area contributed by atoms with Gasteiger partial charge in [-0.3, -0.25) is 14.8 Å². The predicted octanol–water partition coefficient (Wildman–Crippen LogP) is 2.78. The van der Waals surface area contributed by atoms with Crippen molar-refractivity contribution in [2.75, 3.05) is 0 Å². The summed E-state index contributed by atoms with van der Waals surface area (Å²) in [5.74, 6) is 0.575. The number of allylic oxidation sites excluding steroid dienone is 2. The number of hydrogen-bond donors (Lipinski definition) is 1. The maximum atomic E-state index is 12.0. The lowest BCUT2D eigenvalue weighted by Crippen LogP contribution is -2.41. The zero-order valence-electron chi connectivity index (χ0n) is 14.5. The summed E-state index contributed by atoms with van der Waals surface area (Å²) in [5.41, 5.74) is 2.36. The summed E-state index contributed by atoms with van der Waals surface area (Å²) in [6.07, 6.45) is 12.2. The molecule has 3 atom stereocenters. The van der Waals surface area contributed by atoms with E-state index in [2.05, 4.69) is 22.0 Å². The van der Waals surface area contributed by atoms with E-state index in [1.165, 1.54) is 12.8 Å². The molecular weight excluding hydrogens is 312 g/mol. The molecule has 0 amide bonds. The van der Waals surface area contributed by atoms with Gasteiger partial charge in [-0.15, -0.1) is 0 Å². The van der Waals surface area contributed by atoms with Crippen molar-refractivity contribution in [1.82, 2.24) is 9.88 Å². The molecule has 0 bridgehead atoms. The molecule has 3 unspecified atom stereocenters. The molecule has 2 aliphatic carbocycles. The van der Waals surface area contributed by atoms with E-state index in [1.807, 2.05) is 24.4 Å². The minimum absolute atomic E-state index is 0.0196. The lowest BCUT2D eigenvalue weighted by atomic mass is 9.85. The van der Waals surface area contributed by atoms with E-state index in [0.717, 1.165) is 17.0 Å². The number of ketones is 1. The van der Waals surface area contributed by atoms with Gasteiger partial charge in [-0.1, -0.05) is 18.2 Å². The van der Waals surface area contributed by atoms with E-state index in [1.54, 1.807) is 20.0 Å². The second kappa shape index (κ2) is 6.06. The fraction of sp³-hybridized carbons (Fsp3) is 0.400. The van der Waals surface area contributed by atoms with E-state index >= 15 is 0 Å². The van der Waals surface area contributed by atoms with Crippen LogP contribution < -0.4 is 0 Å². The molecular formula is C20H22N4O. The minimum atomic E-state index is -0.444. The van der Waals surface area contributed by atoms with Crippen LogP contribution in [-0.4, -0.2) is 45.3 Å². The monoisotopic (exact) mass is 334 g/mol. The number of nitrogens with zero attached hydrogens (tertiary/aromatic N) is 3. The molecule has 1 aromatic rings. The van der Waals surface area contributed by atoms with Crippen LogP contribution in [0.4, 0.5) is 0 Å². The van der Waals surface area contributed by atoms with Crippen LogP contribution in [0.15, 0.2) is 53.3 Å². The second-order valence-electron chi connectivity index (χ2n) is 7.07. The number of pyridine rings is 1. The second-order valence-corrected chi connectivity index (χ2v) is 7.07. The van der Waals surface area contributed by atoms with Crippen LogP contribution in [0.2, 0.25) is 0 Å². The number of Topliss-reactive ketones (excluding diaryl/α,β-unsaturated/α-hetero) is 1. The molecule has 1 saturated carbocycles. The average Bonchev–Trinajstić information content (AvgIpc) is 3.35. The molecule has 128 valence electrons. The lowest BCUT2D eigenvalue weighted by Gasteiger charge is -2.31. The molecule has 0 saturated heterocycles. The highest BCUT2D eigenvalue weighted by Crippen LogP contribution is 2.38. The van der Waals surface area contributed by atoms with Crippen molar-refractivity contribution in [1.29, 1.82) is 5.41 Å². The minimum Gasteiger partial charge on any atom is -0.344 e. The maximum Gasteiger partial charge on any atom is 0.142 e. The molecule has 3 aliphatic rings. The largest absolute Gasteiger partial charge is 0.344 e. The molecule has 0 spiro atoms. The van der Waals surface area contributed by atoms with E-state index in [9.17, 15) is 4.79 Å². The molecule has 5 heteroatoms. The number of amidine groups is 1. The number of aromatic nitrogens is 1. The molecule has 5 nitrogen and oxygen atoms in total. The van der Waals surface area contributed by atoms with Crippen LogP contribution in [0.1, 0.15) is 32.3 Å². The van der Waals surface area contributed by atoms with Gasteiger partial charge in [0.15, 0.2) is 0 Å². The molecule has 2 heterocycles. The molecule has 0 aromatic carbocycles. The molecule has 0 radical (unpaired) electrons. The predicted molar refractivity (Wildman–Crippen MR) is 98.0 cm³/mol. The van der Waals surface area contributed by atoms with Crippen molar-refractivity contribution >= 4 is 17.3 Å². The normalized spacial score (nSPS) is 25.9. The summed E-state index contributed by atoms with van der Waals surface area (Å²) in [7, 11) is 0. The van der Waals surface area contributed by atoms with Crippen LogP contribution in [0.5, 0.6) is 0 Å². The summed E-state index contributed by atoms with van der Waals surface area (Å²) in [5, 5.41) is 7.98. The van der Waals surface area contributed by atoms with Gasteiger partial charge in [-0.05, 0) is 44.4 Å². The molecule has 1 aliphatic heterocycles. The highest BCUT2D eigenvalue weighted by molar-refractivity contribution is 6.05. The zero-order valence-corrected chi connectivity index (χ0v) is 14.5. The van der Waals surface area contributed by atoms with Crippen LogP contribution in [0.25, 0.3) is 0 Å². The Morgan fingerprint density at radius 3 is 2.76 bits per heavy atom. The van der Waals surface area contributed by atoms with Gasteiger partial charge in [0.1, 0.15) is 11.6 Å². The summed E-state index contributed by atoms with van der Waals surface area (Å²) in [6.45, 7) is 3.27. The molecule has 25 heavy (non-hydrogen) atoms. The van der Waals surface area contributed by atoms with E-state index in [-0.39, 0.29) is 17.9 Å². The Bertz CT molecular complexity index is 790. The number of carbonyl (C=O) groups excluding carboxylic acids is 1. The maximum absolute atomic E-state index is 12.0. The van der Waals surface area contributed by atoms with Gasteiger partial charge in [0, 0.05) is 29.7 Å². The Morgan fingerprint density at radius 2 is 2.16 bits per heavy atom. The Labute approximate surface area is 147 Å². The van der Waals surface area contributed by atoms with Gasteiger partial charge in [-0.2, -0.15) is 0 Å². The van der Waals surface area contributed by atoms with Crippen LogP contribution in [-0.2, 0) is 4.79 Å². The van der Waals surface area contributed by atoms with Gasteiger partial charge in [0.05, 0.1) is 18.0 Å². The number of nitrogens with one attached hydrogen (secondary N) is 1. The van der Waals surface area contributed by atoms with Crippen molar-refractivity contribution < 1.29 is 4.79 Å². The van der Waals surface area contributed by atoms with Gasteiger partial charge >= 0.3 is 0 Å². The number of fused-ring (bicyclic) bond motifs is 1. The van der Waals surface area contributed by atoms with Crippen molar-refractivity contribution in [3.63, 3.8) is 0 Å². The highest BCUT2D eigenvalue weighted by atomic mass is 16.1. The van der Waals surface area contributed by atoms with Crippen molar-refractivity contribution in [2.24, 2.45) is 10.9 Å². The average molecular weight is 334 g/mol. The van der Waals surface area contributed by atoms with Gasteiger partial charge in [0.2, 0.25) is 0 Å². The van der Waals surface area contributed by atoms with Gasteiger partial charge in [0.25, 0.3) is 0 Å². The SMILES string of the molecule is CC(=N)C(C(C)=O)C1=CC2C(C=C1)N=C(c1cccnc1)N2C1CC1. The van der Waals surface area contributed by atoms with Crippen molar-refractivity contribution in [2.45, 2.75) is 44.8 Å². The quantitative estimate of drug-likeness (QED) is 0.842. The Hall–Kier alpha value is -2.56. The van der Waals surface area contributed by atoms with E-state index < -0.39 is 5.92 Å². The first-order chi connectivity index (χ1) is 12.1. The third kappa shape index (κ3) is 2.84. The third-order valence-electron chi connectivity index (χ3n) is 5.07. The first kappa shape index (κ1) is 15.9. The molecule has 1 fully saturated rings. The molecule has 1 N–H and O–H groups in total. The number of rotatable bonds is 5. The number of aliphatic imine (C=N–C) groups is 1. The van der Waals surface area contributed by atoms with Crippen molar-refractivity contribution in [3.05, 3.63) is 53.9 Å². The number of hydrogen-bond acceptors (Lipinski definition) is 5. The van der Waals surface area contributed by atoms with E-state index in [4.69, 9.17) is 10.4 Å². The fourth-order valence-electron chi connectivity index (χ4n) is 3.86. The van der Waals surface area contributed by atoms with E-state index in [0.29, 0.717) is 11.8 Å². The summed E-state index contributed by atoms with van der Waals surface area (Å²) < 4.78 is 0. The highest BCUT2D eigenvalue weighted by Gasteiger charge is 2.44. The Kier molecular flexibility index (Phi) is 3.86. The van der Waals surface area contributed by atoms with Gasteiger partial charge < -0.3 is 10.3 Å². The third-order valence-corrected chi connectivity index (χ3v) is 5.07. The standard InChI is InChI=1S/C20H22N4O/c1-12(21)19(13(2)25)14-5-8-17-18(10-14)24(16-6-7-16)20(23-17)15-4-3-9-22-11-15/h3-5,8-11,16-19,21H,6-7H2,1-2H3. The first-order valence-corrected chi connectivity index (χ1v) is 8.78. The van der Waals surface area contributed by atoms with Crippen LogP contribution in [0, 0.1) is 11.3 Å². The van der Waals surface area contributed by atoms with Crippen LogP contribution >= 0.6 is 0 Å². The Morgan fingerprint density at radius 1 is 1.36 bits per heavy atom. The van der Waals surface area contributed by atoms with Gasteiger partial charge in [-0.25, -0.2) is 0 Å². The molecule has 4 rings (SSSR count). The van der Waals surface area contributed by atoms with Crippen LogP contribution in [0.3, 0.4) is 0 Å². The topological polar surface area (TPSA) is 69.4 Å². The summed E-state index contributed by atoms with van der Waals surface area (Å²) in [6, 6.07) is 4.69. The summed E-state index contributed by atoms with van der Waals surface area (Å²) >= 11 is 0.